The first kappa shape index (κ1) is 9.17. The molecule has 0 radical (unpaired) electrons. The molecule has 1 rings (SSSR count). The van der Waals surface area contributed by atoms with E-state index in [0.29, 0.717) is 0 Å². The van der Waals surface area contributed by atoms with Crippen LogP contribution in [0.5, 0.6) is 0 Å². The highest BCUT2D eigenvalue weighted by Crippen LogP contribution is 2.07. The Morgan fingerprint density at radius 1 is 1.77 bits per heavy atom. The minimum absolute atomic E-state index is 0.106. The number of nitrogens with two attached hydrogens (primary N) is 1. The maximum Gasteiger partial charge on any atom is 0.413 e. The second-order valence-corrected chi connectivity index (χ2v) is 2.04. The first-order valence-corrected chi connectivity index (χ1v) is 3.26. The molecule has 13 heavy (non-hydrogen) atoms. The van der Waals surface area contributed by atoms with Crippen molar-refractivity contribution < 1.29 is 13.9 Å². The summed E-state index contributed by atoms with van der Waals surface area (Å²) in [6.45, 7) is 0. The molecule has 0 atom stereocenters. The molecular weight excluding hydrogens is 179 g/mol. The number of anilines is 2. The van der Waals surface area contributed by atoms with E-state index in [9.17, 15) is 9.18 Å². The van der Waals surface area contributed by atoms with Gasteiger partial charge in [-0.2, -0.15) is 4.98 Å². The maximum atomic E-state index is 12.5. The van der Waals surface area contributed by atoms with Crippen LogP contribution in [0.25, 0.3) is 0 Å². The molecule has 70 valence electrons. The molecule has 3 N–H and O–H groups in total. The van der Waals surface area contributed by atoms with Gasteiger partial charge in [-0.15, -0.1) is 0 Å². The second-order valence-electron chi connectivity index (χ2n) is 2.04. The second kappa shape index (κ2) is 3.65. The lowest BCUT2D eigenvalue weighted by Crippen LogP contribution is -2.14. The van der Waals surface area contributed by atoms with E-state index in [0.717, 1.165) is 6.20 Å². The van der Waals surface area contributed by atoms with E-state index >= 15 is 0 Å². The third kappa shape index (κ3) is 2.26. The smallest absolute Gasteiger partial charge is 0.413 e. The van der Waals surface area contributed by atoms with Crippen LogP contribution in [-0.2, 0) is 4.74 Å². The predicted octanol–water partition coefficient (Wildman–Crippen LogP) is 0.376. The molecule has 0 saturated carbocycles. The summed E-state index contributed by atoms with van der Waals surface area (Å²) in [5.41, 5.74) is 5.12. The van der Waals surface area contributed by atoms with Crippen LogP contribution in [0.4, 0.5) is 21.0 Å². The van der Waals surface area contributed by atoms with Crippen molar-refractivity contribution in [2.45, 2.75) is 0 Å². The van der Waals surface area contributed by atoms with E-state index in [1.54, 1.807) is 0 Å². The average Bonchev–Trinajstić information content (AvgIpc) is 2.11. The highest BCUT2D eigenvalue weighted by Gasteiger charge is 2.06. The molecule has 0 fully saturated rings. The van der Waals surface area contributed by atoms with Crippen molar-refractivity contribution in [3.05, 3.63) is 12.0 Å². The van der Waals surface area contributed by atoms with E-state index in [-0.39, 0.29) is 11.8 Å². The summed E-state index contributed by atoms with van der Waals surface area (Å²) in [6, 6.07) is 0. The fraction of sp³-hybridized carbons (Fsp3) is 0.167. The summed E-state index contributed by atoms with van der Waals surface area (Å²) in [5, 5.41) is 2.13. The lowest BCUT2D eigenvalue weighted by molar-refractivity contribution is 0.186. The number of hydrogen-bond acceptors (Lipinski definition) is 5. The van der Waals surface area contributed by atoms with Crippen LogP contribution in [0.2, 0.25) is 0 Å². The predicted molar refractivity (Wildman–Crippen MR) is 42.4 cm³/mol. The van der Waals surface area contributed by atoms with E-state index in [2.05, 4.69) is 20.0 Å². The van der Waals surface area contributed by atoms with Crippen molar-refractivity contribution in [3.63, 3.8) is 0 Å². The van der Waals surface area contributed by atoms with Crippen molar-refractivity contribution in [3.8, 4) is 0 Å². The molecule has 7 heteroatoms. The number of methoxy groups -OCH3 is 1. The van der Waals surface area contributed by atoms with Gasteiger partial charge in [0.2, 0.25) is 5.95 Å². The zero-order valence-electron chi connectivity index (χ0n) is 6.74. The van der Waals surface area contributed by atoms with Crippen LogP contribution in [-0.4, -0.2) is 23.2 Å². The van der Waals surface area contributed by atoms with E-state index in [1.165, 1.54) is 7.11 Å². The van der Waals surface area contributed by atoms with E-state index in [4.69, 9.17) is 5.73 Å². The SMILES string of the molecule is COC(=O)Nc1ncc(F)c(N)n1. The van der Waals surface area contributed by atoms with Crippen LogP contribution < -0.4 is 11.1 Å². The van der Waals surface area contributed by atoms with Crippen molar-refractivity contribution in [1.82, 2.24) is 9.97 Å². The molecule has 1 aromatic heterocycles. The Labute approximate surface area is 72.9 Å². The van der Waals surface area contributed by atoms with Crippen molar-refractivity contribution >= 4 is 17.9 Å². The van der Waals surface area contributed by atoms with Crippen LogP contribution in [0.3, 0.4) is 0 Å². The summed E-state index contributed by atoms with van der Waals surface area (Å²) in [5.74, 6) is -1.18. The maximum absolute atomic E-state index is 12.5. The number of nitrogens with one attached hydrogen (secondary N) is 1. The third-order valence-electron chi connectivity index (χ3n) is 1.17. The van der Waals surface area contributed by atoms with Gasteiger partial charge < -0.3 is 10.5 Å². The first-order valence-electron chi connectivity index (χ1n) is 3.26. The number of nitrogen functional groups attached to an aromatic ring is 1. The number of carbonyl (C=O) groups excluding carboxylic acids is 1. The van der Waals surface area contributed by atoms with Crippen molar-refractivity contribution in [2.24, 2.45) is 0 Å². The summed E-state index contributed by atoms with van der Waals surface area (Å²) >= 11 is 0. The zero-order valence-corrected chi connectivity index (χ0v) is 6.74. The third-order valence-corrected chi connectivity index (χ3v) is 1.17. The molecule has 0 unspecified atom stereocenters. The molecule has 0 aromatic carbocycles. The highest BCUT2D eigenvalue weighted by molar-refractivity contribution is 5.82. The summed E-state index contributed by atoms with van der Waals surface area (Å²) in [7, 11) is 1.18. The normalized spacial score (nSPS) is 9.38. The standard InChI is InChI=1S/C6H7FN4O2/c1-13-6(12)11-5-9-2-3(7)4(8)10-5/h2H,1H3,(H3,8,9,10,11,12). The van der Waals surface area contributed by atoms with Gasteiger partial charge in [0.1, 0.15) is 0 Å². The molecule has 0 bridgehead atoms. The van der Waals surface area contributed by atoms with Crippen LogP contribution in [0.15, 0.2) is 6.20 Å². The van der Waals surface area contributed by atoms with Gasteiger partial charge in [-0.25, -0.2) is 14.2 Å². The molecule has 1 amide bonds. The Morgan fingerprint density at radius 3 is 3.00 bits per heavy atom. The topological polar surface area (TPSA) is 90.1 Å². The lowest BCUT2D eigenvalue weighted by Gasteiger charge is -2.01. The molecular formula is C6H7FN4O2. The lowest BCUT2D eigenvalue weighted by atomic mass is 10.6. The molecule has 0 spiro atoms. The zero-order chi connectivity index (χ0) is 9.84. The van der Waals surface area contributed by atoms with Crippen LogP contribution in [0.1, 0.15) is 0 Å². The first-order chi connectivity index (χ1) is 6.13. The largest absolute Gasteiger partial charge is 0.453 e. The molecule has 1 heterocycles. The van der Waals surface area contributed by atoms with E-state index < -0.39 is 11.9 Å². The van der Waals surface area contributed by atoms with Crippen molar-refractivity contribution in [1.29, 1.82) is 0 Å². The van der Waals surface area contributed by atoms with Gasteiger partial charge in [-0.05, 0) is 0 Å². The van der Waals surface area contributed by atoms with Gasteiger partial charge in [-0.3, -0.25) is 5.32 Å². The minimum atomic E-state index is -0.744. The Hall–Kier alpha value is -1.92. The number of hydrogen-bond donors (Lipinski definition) is 2. The minimum Gasteiger partial charge on any atom is -0.453 e. The molecule has 0 aliphatic heterocycles. The Bertz CT molecular complexity index is 330. The van der Waals surface area contributed by atoms with Gasteiger partial charge in [-0.1, -0.05) is 0 Å². The molecule has 0 aliphatic carbocycles. The van der Waals surface area contributed by atoms with Crippen LogP contribution in [0, 0.1) is 5.82 Å². The Kier molecular flexibility index (Phi) is 2.58. The number of nitrogens with zero attached hydrogens (tertiary/aromatic N) is 2. The number of rotatable bonds is 1. The number of carbonyl (C=O) groups is 1. The quantitative estimate of drug-likeness (QED) is 0.661. The molecule has 0 aliphatic rings. The fourth-order valence-corrected chi connectivity index (χ4v) is 0.583. The number of amides is 1. The molecule has 0 saturated heterocycles. The summed E-state index contributed by atoms with van der Waals surface area (Å²) in [4.78, 5) is 17.5. The number of halogens is 1. The van der Waals surface area contributed by atoms with Gasteiger partial charge in [0.15, 0.2) is 11.6 Å². The van der Waals surface area contributed by atoms with Crippen molar-refractivity contribution in [2.75, 3.05) is 18.2 Å². The fourth-order valence-electron chi connectivity index (χ4n) is 0.583. The number of ether oxygens (including phenoxy) is 1. The van der Waals surface area contributed by atoms with Gasteiger partial charge in [0.25, 0.3) is 0 Å². The molecule has 6 nitrogen and oxygen atoms in total. The van der Waals surface area contributed by atoms with Gasteiger partial charge in [0.05, 0.1) is 13.3 Å². The number of aromatic nitrogens is 2. The van der Waals surface area contributed by atoms with Gasteiger partial charge >= 0.3 is 6.09 Å². The monoisotopic (exact) mass is 186 g/mol. The summed E-state index contributed by atoms with van der Waals surface area (Å²) in [6.07, 6.45) is 0.110. The highest BCUT2D eigenvalue weighted by atomic mass is 19.1. The molecule has 1 aromatic rings. The van der Waals surface area contributed by atoms with Gasteiger partial charge in [0, 0.05) is 0 Å². The Balaban J connectivity index is 2.79. The Morgan fingerprint density at radius 2 is 2.46 bits per heavy atom. The summed E-state index contributed by atoms with van der Waals surface area (Å²) < 4.78 is 16.8. The van der Waals surface area contributed by atoms with Crippen LogP contribution >= 0.6 is 0 Å². The average molecular weight is 186 g/mol. The van der Waals surface area contributed by atoms with E-state index in [1.807, 2.05) is 0 Å².